The van der Waals surface area contributed by atoms with Crippen molar-refractivity contribution in [3.8, 4) is 0 Å². The summed E-state index contributed by atoms with van der Waals surface area (Å²) in [5.74, 6) is 0.914. The van der Waals surface area contributed by atoms with Gasteiger partial charge in [-0.2, -0.15) is 0 Å². The number of hydrogen-bond acceptors (Lipinski definition) is 2. The van der Waals surface area contributed by atoms with Gasteiger partial charge in [-0.3, -0.25) is 0 Å². The first kappa shape index (κ1) is 12.5. The maximum Gasteiger partial charge on any atom is 0.117 e. The molecule has 0 bridgehead atoms. The molecule has 4 heteroatoms. The Morgan fingerprint density at radius 2 is 2.06 bits per heavy atom. The minimum Gasteiger partial charge on any atom is -0.468 e. The predicted octanol–water partition coefficient (Wildman–Crippen LogP) is 4.44. The highest BCUT2D eigenvalue weighted by Crippen LogP contribution is 2.25. The lowest BCUT2D eigenvalue weighted by Gasteiger charge is -2.13. The fraction of sp³-hybridized carbons (Fsp3) is 0.231. The molecule has 90 valence electrons. The number of hydrogen-bond donors (Lipinski definition) is 1. The molecule has 2 nitrogen and oxygen atoms in total. The summed E-state index contributed by atoms with van der Waals surface area (Å²) < 4.78 is 5.25. The molecule has 0 saturated heterocycles. The lowest BCUT2D eigenvalue weighted by molar-refractivity contribution is 0.460. The molecule has 17 heavy (non-hydrogen) atoms. The maximum atomic E-state index is 5.98. The largest absolute Gasteiger partial charge is 0.468 e. The summed E-state index contributed by atoms with van der Waals surface area (Å²) in [4.78, 5) is 0. The monoisotopic (exact) mass is 269 g/mol. The van der Waals surface area contributed by atoms with Crippen molar-refractivity contribution in [2.24, 2.45) is 0 Å². The first-order chi connectivity index (χ1) is 8.16. The van der Waals surface area contributed by atoms with E-state index in [2.05, 4.69) is 12.2 Å². The average molecular weight is 270 g/mol. The van der Waals surface area contributed by atoms with Gasteiger partial charge >= 0.3 is 0 Å². The summed E-state index contributed by atoms with van der Waals surface area (Å²) in [5.41, 5.74) is 1.10. The SMILES string of the molecule is CC(NCc1ccco1)c1ccc(Cl)c(Cl)c1. The molecule has 2 rings (SSSR count). The Bertz CT molecular complexity index is 482. The average Bonchev–Trinajstić information content (AvgIpc) is 2.82. The standard InChI is InChI=1S/C13H13Cl2NO/c1-9(16-8-11-3-2-6-17-11)10-4-5-12(14)13(15)7-10/h2-7,9,16H,8H2,1H3. The van der Waals surface area contributed by atoms with Crippen LogP contribution in [0.3, 0.4) is 0 Å². The van der Waals surface area contributed by atoms with Crippen LogP contribution in [0.4, 0.5) is 0 Å². The number of halogens is 2. The zero-order valence-corrected chi connectivity index (χ0v) is 10.9. The van der Waals surface area contributed by atoms with Gasteiger partial charge in [0.1, 0.15) is 5.76 Å². The van der Waals surface area contributed by atoms with Gasteiger partial charge in [0.05, 0.1) is 22.9 Å². The molecule has 2 aromatic rings. The third kappa shape index (κ3) is 3.25. The van der Waals surface area contributed by atoms with Crippen molar-refractivity contribution in [1.29, 1.82) is 0 Å². The van der Waals surface area contributed by atoms with Gasteiger partial charge in [0.15, 0.2) is 0 Å². The van der Waals surface area contributed by atoms with Crippen molar-refractivity contribution >= 4 is 23.2 Å². The van der Waals surface area contributed by atoms with Crippen molar-refractivity contribution < 1.29 is 4.42 Å². The normalized spacial score (nSPS) is 12.6. The summed E-state index contributed by atoms with van der Waals surface area (Å²) in [7, 11) is 0. The third-order valence-electron chi connectivity index (χ3n) is 2.61. The Hall–Kier alpha value is -0.960. The predicted molar refractivity (Wildman–Crippen MR) is 70.4 cm³/mol. The lowest BCUT2D eigenvalue weighted by Crippen LogP contribution is -2.17. The minimum atomic E-state index is 0.190. The van der Waals surface area contributed by atoms with Gasteiger partial charge < -0.3 is 9.73 Å². The molecule has 1 unspecified atom stereocenters. The molecule has 0 aliphatic rings. The second kappa shape index (κ2) is 5.58. The van der Waals surface area contributed by atoms with Crippen LogP contribution in [0.15, 0.2) is 41.0 Å². The van der Waals surface area contributed by atoms with Crippen LogP contribution in [0.5, 0.6) is 0 Å². The van der Waals surface area contributed by atoms with Gasteiger partial charge in [-0.15, -0.1) is 0 Å². The first-order valence-corrected chi connectivity index (χ1v) is 6.13. The van der Waals surface area contributed by atoms with Crippen molar-refractivity contribution in [3.05, 3.63) is 58.0 Å². The molecule has 0 aliphatic carbocycles. The van der Waals surface area contributed by atoms with Gasteiger partial charge in [-0.1, -0.05) is 29.3 Å². The zero-order valence-electron chi connectivity index (χ0n) is 9.41. The van der Waals surface area contributed by atoms with Crippen LogP contribution in [0.25, 0.3) is 0 Å². The summed E-state index contributed by atoms with van der Waals surface area (Å²) in [6.45, 7) is 2.76. The smallest absolute Gasteiger partial charge is 0.117 e. The number of benzene rings is 1. The van der Waals surface area contributed by atoms with Gasteiger partial charge in [0.2, 0.25) is 0 Å². The van der Waals surface area contributed by atoms with E-state index in [4.69, 9.17) is 27.6 Å². The van der Waals surface area contributed by atoms with Crippen molar-refractivity contribution in [2.75, 3.05) is 0 Å². The molecule has 1 aromatic carbocycles. The lowest BCUT2D eigenvalue weighted by atomic mass is 10.1. The molecule has 0 spiro atoms. The van der Waals surface area contributed by atoms with E-state index in [0.29, 0.717) is 16.6 Å². The van der Waals surface area contributed by atoms with Crippen LogP contribution >= 0.6 is 23.2 Å². The van der Waals surface area contributed by atoms with Crippen LogP contribution < -0.4 is 5.32 Å². The number of rotatable bonds is 4. The van der Waals surface area contributed by atoms with E-state index in [1.54, 1.807) is 6.26 Å². The molecular formula is C13H13Cl2NO. The van der Waals surface area contributed by atoms with Crippen molar-refractivity contribution in [1.82, 2.24) is 5.32 Å². The second-order valence-electron chi connectivity index (χ2n) is 3.86. The van der Waals surface area contributed by atoms with Gasteiger partial charge in [-0.05, 0) is 36.8 Å². The molecule has 1 heterocycles. The number of furan rings is 1. The van der Waals surface area contributed by atoms with Crippen LogP contribution in [0, 0.1) is 0 Å². The molecule has 1 aromatic heterocycles. The Balaban J connectivity index is 1.99. The van der Waals surface area contributed by atoms with E-state index in [1.165, 1.54) is 0 Å². The molecule has 0 saturated carbocycles. The van der Waals surface area contributed by atoms with E-state index < -0.39 is 0 Å². The van der Waals surface area contributed by atoms with E-state index in [0.717, 1.165) is 11.3 Å². The molecule has 1 N–H and O–H groups in total. The highest BCUT2D eigenvalue weighted by molar-refractivity contribution is 6.42. The zero-order chi connectivity index (χ0) is 12.3. The fourth-order valence-corrected chi connectivity index (χ4v) is 1.87. The van der Waals surface area contributed by atoms with E-state index in [-0.39, 0.29) is 6.04 Å². The molecule has 0 fully saturated rings. The molecule has 0 radical (unpaired) electrons. The Labute approximate surface area is 111 Å². The van der Waals surface area contributed by atoms with E-state index in [1.807, 2.05) is 30.3 Å². The van der Waals surface area contributed by atoms with Crippen LogP contribution in [0.1, 0.15) is 24.3 Å². The third-order valence-corrected chi connectivity index (χ3v) is 3.35. The summed E-state index contributed by atoms with van der Waals surface area (Å²) >= 11 is 11.9. The number of nitrogens with one attached hydrogen (secondary N) is 1. The summed E-state index contributed by atoms with van der Waals surface area (Å²) in [6.07, 6.45) is 1.67. The van der Waals surface area contributed by atoms with Crippen molar-refractivity contribution in [3.63, 3.8) is 0 Å². The Kier molecular flexibility index (Phi) is 4.11. The van der Waals surface area contributed by atoms with Crippen LogP contribution in [-0.2, 0) is 6.54 Å². The van der Waals surface area contributed by atoms with Gasteiger partial charge in [-0.25, -0.2) is 0 Å². The van der Waals surface area contributed by atoms with Crippen LogP contribution in [-0.4, -0.2) is 0 Å². The maximum absolute atomic E-state index is 5.98. The summed E-state index contributed by atoms with van der Waals surface area (Å²) in [6, 6.07) is 9.66. The molecule has 1 atom stereocenters. The highest BCUT2D eigenvalue weighted by atomic mass is 35.5. The molecule has 0 aliphatic heterocycles. The van der Waals surface area contributed by atoms with Crippen LogP contribution in [0.2, 0.25) is 10.0 Å². The first-order valence-electron chi connectivity index (χ1n) is 5.37. The fourth-order valence-electron chi connectivity index (χ4n) is 1.57. The summed E-state index contributed by atoms with van der Waals surface area (Å²) in [5, 5.41) is 4.51. The highest BCUT2D eigenvalue weighted by Gasteiger charge is 2.07. The molecular weight excluding hydrogens is 257 g/mol. The van der Waals surface area contributed by atoms with Gasteiger partial charge in [0, 0.05) is 6.04 Å². The van der Waals surface area contributed by atoms with E-state index in [9.17, 15) is 0 Å². The minimum absolute atomic E-state index is 0.190. The quantitative estimate of drug-likeness (QED) is 0.888. The van der Waals surface area contributed by atoms with E-state index >= 15 is 0 Å². The van der Waals surface area contributed by atoms with Gasteiger partial charge in [0.25, 0.3) is 0 Å². The Morgan fingerprint density at radius 3 is 2.71 bits per heavy atom. The second-order valence-corrected chi connectivity index (χ2v) is 4.67. The topological polar surface area (TPSA) is 25.2 Å². The van der Waals surface area contributed by atoms with Crippen molar-refractivity contribution in [2.45, 2.75) is 19.5 Å². The Morgan fingerprint density at radius 1 is 1.24 bits per heavy atom. The molecule has 0 amide bonds.